The zero-order valence-corrected chi connectivity index (χ0v) is 12.9. The standard InChI is InChI=1S/C16H19N5O/c1-19-7-9-21(10-8-19)16-15-14(11-17-18-16)22-13-6-4-3-5-12(13)20(15)2/h3-6,11H,7-10H2,1-2H3. The Labute approximate surface area is 129 Å². The first-order valence-electron chi connectivity index (χ1n) is 7.54. The molecule has 0 saturated carbocycles. The number of rotatable bonds is 1. The summed E-state index contributed by atoms with van der Waals surface area (Å²) < 4.78 is 6.02. The Morgan fingerprint density at radius 2 is 1.77 bits per heavy atom. The van der Waals surface area contributed by atoms with Gasteiger partial charge in [0.05, 0.1) is 11.9 Å². The number of nitrogens with zero attached hydrogens (tertiary/aromatic N) is 5. The Bertz CT molecular complexity index is 697. The summed E-state index contributed by atoms with van der Waals surface area (Å²) in [6.45, 7) is 3.98. The van der Waals surface area contributed by atoms with Crippen LogP contribution in [0.1, 0.15) is 0 Å². The van der Waals surface area contributed by atoms with E-state index in [0.29, 0.717) is 0 Å². The van der Waals surface area contributed by atoms with Crippen molar-refractivity contribution in [2.45, 2.75) is 0 Å². The molecule has 1 aromatic carbocycles. The quantitative estimate of drug-likeness (QED) is 0.803. The minimum atomic E-state index is 0.769. The molecule has 0 N–H and O–H groups in total. The third kappa shape index (κ3) is 2.07. The first kappa shape index (κ1) is 13.3. The summed E-state index contributed by atoms with van der Waals surface area (Å²) in [5, 5.41) is 8.54. The van der Waals surface area contributed by atoms with E-state index in [-0.39, 0.29) is 0 Å². The van der Waals surface area contributed by atoms with Gasteiger partial charge in [0.2, 0.25) is 0 Å². The molecule has 1 saturated heterocycles. The van der Waals surface area contributed by atoms with E-state index in [1.165, 1.54) is 0 Å². The average molecular weight is 297 g/mol. The number of hydrogen-bond donors (Lipinski definition) is 0. The molecular formula is C16H19N5O. The lowest BCUT2D eigenvalue weighted by molar-refractivity contribution is 0.311. The number of aromatic nitrogens is 2. The highest BCUT2D eigenvalue weighted by molar-refractivity contribution is 5.84. The molecular weight excluding hydrogens is 278 g/mol. The summed E-state index contributed by atoms with van der Waals surface area (Å²) in [5.74, 6) is 2.53. The zero-order valence-electron chi connectivity index (χ0n) is 12.9. The second kappa shape index (κ2) is 5.14. The van der Waals surface area contributed by atoms with Gasteiger partial charge in [0.15, 0.2) is 17.3 Å². The van der Waals surface area contributed by atoms with Gasteiger partial charge in [-0.15, -0.1) is 5.10 Å². The highest BCUT2D eigenvalue weighted by Crippen LogP contribution is 2.48. The summed E-state index contributed by atoms with van der Waals surface area (Å²) in [4.78, 5) is 6.77. The number of anilines is 3. The van der Waals surface area contributed by atoms with Gasteiger partial charge in [0.25, 0.3) is 0 Å². The largest absolute Gasteiger partial charge is 0.451 e. The lowest BCUT2D eigenvalue weighted by Crippen LogP contribution is -2.45. The Kier molecular flexibility index (Phi) is 3.11. The molecule has 0 aliphatic carbocycles. The van der Waals surface area contributed by atoms with Crippen molar-refractivity contribution in [3.05, 3.63) is 30.5 Å². The first-order valence-corrected chi connectivity index (χ1v) is 7.54. The third-order valence-corrected chi connectivity index (χ3v) is 4.36. The Balaban J connectivity index is 1.75. The molecule has 114 valence electrons. The van der Waals surface area contributed by atoms with Gasteiger partial charge in [-0.05, 0) is 19.2 Å². The molecule has 0 radical (unpaired) electrons. The molecule has 4 rings (SSSR count). The minimum absolute atomic E-state index is 0.769. The number of fused-ring (bicyclic) bond motifs is 2. The van der Waals surface area contributed by atoms with Crippen LogP contribution in [-0.4, -0.2) is 55.4 Å². The van der Waals surface area contributed by atoms with Gasteiger partial charge in [-0.2, -0.15) is 5.10 Å². The molecule has 1 aromatic heterocycles. The van der Waals surface area contributed by atoms with E-state index in [1.54, 1.807) is 6.20 Å². The van der Waals surface area contributed by atoms with Crippen LogP contribution in [0.4, 0.5) is 17.2 Å². The van der Waals surface area contributed by atoms with Gasteiger partial charge in [-0.25, -0.2) is 0 Å². The molecule has 6 nitrogen and oxygen atoms in total. The first-order chi connectivity index (χ1) is 10.7. The predicted octanol–water partition coefficient (Wildman–Crippen LogP) is 2.10. The smallest absolute Gasteiger partial charge is 0.179 e. The summed E-state index contributed by atoms with van der Waals surface area (Å²) in [7, 11) is 4.20. The topological polar surface area (TPSA) is 44.7 Å². The van der Waals surface area contributed by atoms with Gasteiger partial charge >= 0.3 is 0 Å². The van der Waals surface area contributed by atoms with Crippen LogP contribution in [0.2, 0.25) is 0 Å². The monoisotopic (exact) mass is 297 g/mol. The molecule has 0 spiro atoms. The van der Waals surface area contributed by atoms with Gasteiger partial charge in [-0.1, -0.05) is 12.1 Å². The van der Waals surface area contributed by atoms with Gasteiger partial charge < -0.3 is 19.4 Å². The van der Waals surface area contributed by atoms with Gasteiger partial charge in [0, 0.05) is 33.2 Å². The van der Waals surface area contributed by atoms with Crippen LogP contribution in [0, 0.1) is 0 Å². The van der Waals surface area contributed by atoms with Crippen molar-refractivity contribution in [2.24, 2.45) is 0 Å². The van der Waals surface area contributed by atoms with Crippen LogP contribution in [-0.2, 0) is 0 Å². The van der Waals surface area contributed by atoms with Crippen molar-refractivity contribution in [3.63, 3.8) is 0 Å². The number of para-hydroxylation sites is 2. The normalized spacial score (nSPS) is 17.7. The van der Waals surface area contributed by atoms with E-state index in [0.717, 1.165) is 54.9 Å². The van der Waals surface area contributed by atoms with Crippen LogP contribution in [0.25, 0.3) is 0 Å². The summed E-state index contributed by atoms with van der Waals surface area (Å²) in [6, 6.07) is 8.04. The number of piperazine rings is 1. The van der Waals surface area contributed by atoms with E-state index >= 15 is 0 Å². The van der Waals surface area contributed by atoms with Crippen molar-refractivity contribution in [1.82, 2.24) is 15.1 Å². The highest BCUT2D eigenvalue weighted by Gasteiger charge is 2.29. The number of likely N-dealkylation sites (N-methyl/N-ethyl adjacent to an activating group) is 1. The second-order valence-electron chi connectivity index (χ2n) is 5.80. The Morgan fingerprint density at radius 3 is 2.59 bits per heavy atom. The van der Waals surface area contributed by atoms with E-state index in [1.807, 2.05) is 18.2 Å². The van der Waals surface area contributed by atoms with Crippen LogP contribution in [0.15, 0.2) is 30.5 Å². The maximum Gasteiger partial charge on any atom is 0.179 e. The van der Waals surface area contributed by atoms with Crippen molar-refractivity contribution in [3.8, 4) is 11.5 Å². The summed E-state index contributed by atoms with van der Waals surface area (Å²) >= 11 is 0. The van der Waals surface area contributed by atoms with E-state index in [4.69, 9.17) is 4.74 Å². The summed E-state index contributed by atoms with van der Waals surface area (Å²) in [6.07, 6.45) is 1.70. The van der Waals surface area contributed by atoms with Gasteiger partial charge in [0.1, 0.15) is 5.69 Å². The Morgan fingerprint density at radius 1 is 1.00 bits per heavy atom. The molecule has 22 heavy (non-hydrogen) atoms. The average Bonchev–Trinajstić information content (AvgIpc) is 2.55. The molecule has 6 heteroatoms. The number of benzene rings is 1. The molecule has 2 aliphatic heterocycles. The highest BCUT2D eigenvalue weighted by atomic mass is 16.5. The molecule has 0 atom stereocenters. The van der Waals surface area contributed by atoms with Crippen molar-refractivity contribution in [2.75, 3.05) is 50.1 Å². The predicted molar refractivity (Wildman–Crippen MR) is 86.3 cm³/mol. The lowest BCUT2D eigenvalue weighted by atomic mass is 10.2. The van der Waals surface area contributed by atoms with Crippen LogP contribution < -0.4 is 14.5 Å². The van der Waals surface area contributed by atoms with E-state index in [9.17, 15) is 0 Å². The molecule has 0 bridgehead atoms. The number of hydrogen-bond acceptors (Lipinski definition) is 6. The zero-order chi connectivity index (χ0) is 15.1. The number of ether oxygens (including phenoxy) is 1. The van der Waals surface area contributed by atoms with Crippen LogP contribution in [0.5, 0.6) is 11.5 Å². The fourth-order valence-electron chi connectivity index (χ4n) is 3.04. The molecule has 1 fully saturated rings. The Hall–Kier alpha value is -2.34. The van der Waals surface area contributed by atoms with Crippen molar-refractivity contribution < 1.29 is 4.74 Å². The van der Waals surface area contributed by atoms with E-state index in [2.05, 4.69) is 45.1 Å². The minimum Gasteiger partial charge on any atom is -0.451 e. The fourth-order valence-corrected chi connectivity index (χ4v) is 3.04. The molecule has 0 amide bonds. The van der Waals surface area contributed by atoms with Crippen LogP contribution in [0.3, 0.4) is 0 Å². The van der Waals surface area contributed by atoms with Crippen molar-refractivity contribution >= 4 is 17.2 Å². The van der Waals surface area contributed by atoms with E-state index < -0.39 is 0 Å². The van der Waals surface area contributed by atoms with Crippen molar-refractivity contribution in [1.29, 1.82) is 0 Å². The van der Waals surface area contributed by atoms with Gasteiger partial charge in [-0.3, -0.25) is 0 Å². The fraction of sp³-hybridized carbons (Fsp3) is 0.375. The maximum absolute atomic E-state index is 6.02. The molecule has 2 aliphatic rings. The molecule has 0 unspecified atom stereocenters. The second-order valence-corrected chi connectivity index (χ2v) is 5.80. The third-order valence-electron chi connectivity index (χ3n) is 4.36. The lowest BCUT2D eigenvalue weighted by Gasteiger charge is -2.37. The maximum atomic E-state index is 6.02. The van der Waals surface area contributed by atoms with Crippen LogP contribution >= 0.6 is 0 Å². The molecule has 3 heterocycles. The summed E-state index contributed by atoms with van der Waals surface area (Å²) in [5.41, 5.74) is 2.05. The SMILES string of the molecule is CN1CCN(c2nncc3c2N(C)c2ccccc2O3)CC1. The molecule has 2 aromatic rings.